The molecule has 0 aromatic rings. The molecule has 492 valence electrons. The van der Waals surface area contributed by atoms with Gasteiger partial charge in [0.25, 0.3) is 0 Å². The molecule has 4 saturated heterocycles. The number of hydrogen-bond donors (Lipinski definition) is 0. The minimum Gasteiger partial charge on any atom is -0.438 e. The van der Waals surface area contributed by atoms with Crippen molar-refractivity contribution < 1.29 is 76.0 Å². The largest absolute Gasteiger partial charge is 0.438 e. The third-order valence-corrected chi connectivity index (χ3v) is 24.2. The standard InChI is InChI=1S/C19H32O4.C18H30O4.C17H28O4.C16H26O4/c1-4-7-8-21-11-22-19(20)14-10-12-9-13(14)18-16(6-3)23-15(5-2)17(12)18;1-4-7-20-10-21-18(19)13-9-11-8-12(13)17-15(6-3)22-14(5-2)16(11)17;1-4-13-15-10-7-11(16(15)14(5-2)21-13)12(8-10)17(18)20-9-19-6-3;1-4-12-14-9-6-10(15(14)13(5-2)20-12)11(7-9)16(17)19-8-18-3/h12-18H,4-11H2,1-3H3;11-17H,4-10H2,1-3H3;10-16H,4-9H2,1-3H3;9-15H,4-8H2,1-3H3. The monoisotopic (exact) mass is 1210 g/mol. The molecule has 16 nitrogen and oxygen atoms in total. The van der Waals surface area contributed by atoms with Crippen molar-refractivity contribution in [3.8, 4) is 0 Å². The Morgan fingerprint density at radius 2 is 0.593 bits per heavy atom. The van der Waals surface area contributed by atoms with Gasteiger partial charge in [0.15, 0.2) is 27.2 Å². The molecule has 0 aromatic carbocycles. The predicted molar refractivity (Wildman–Crippen MR) is 323 cm³/mol. The molecule has 0 aromatic heterocycles. The van der Waals surface area contributed by atoms with E-state index in [1.165, 1.54) is 25.7 Å². The Balaban J connectivity index is 0.000000137. The Morgan fingerprint density at radius 1 is 0.326 bits per heavy atom. The topological polar surface area (TPSA) is 179 Å². The van der Waals surface area contributed by atoms with Crippen LogP contribution >= 0.6 is 0 Å². The summed E-state index contributed by atoms with van der Waals surface area (Å²) in [5.41, 5.74) is 0. The molecule has 8 saturated carbocycles. The van der Waals surface area contributed by atoms with Gasteiger partial charge in [0.2, 0.25) is 0 Å². The molecule has 8 bridgehead atoms. The number of carbonyl (C=O) groups excluding carboxylic acids is 4. The van der Waals surface area contributed by atoms with E-state index in [9.17, 15) is 19.2 Å². The van der Waals surface area contributed by atoms with Crippen LogP contribution in [0.25, 0.3) is 0 Å². The summed E-state index contributed by atoms with van der Waals surface area (Å²) in [6, 6.07) is 0. The highest BCUT2D eigenvalue weighted by molar-refractivity contribution is 5.75. The van der Waals surface area contributed by atoms with Gasteiger partial charge in [-0.15, -0.1) is 0 Å². The van der Waals surface area contributed by atoms with E-state index in [1.807, 2.05) is 13.8 Å². The number of methoxy groups -OCH3 is 1. The molecule has 4 heterocycles. The molecule has 0 amide bonds. The quantitative estimate of drug-likeness (QED) is 0.0345. The van der Waals surface area contributed by atoms with Crippen molar-refractivity contribution in [1.29, 1.82) is 0 Å². The van der Waals surface area contributed by atoms with Gasteiger partial charge >= 0.3 is 23.9 Å². The maximum absolute atomic E-state index is 12.5. The fraction of sp³-hybridized carbons (Fsp3) is 0.943. The van der Waals surface area contributed by atoms with Crippen LogP contribution in [0.4, 0.5) is 0 Å². The van der Waals surface area contributed by atoms with E-state index in [0.717, 1.165) is 96.3 Å². The summed E-state index contributed by atoms with van der Waals surface area (Å²) >= 11 is 0. The van der Waals surface area contributed by atoms with Crippen LogP contribution in [0.15, 0.2) is 0 Å². The molecule has 0 spiro atoms. The first-order valence-corrected chi connectivity index (χ1v) is 35.3. The number of rotatable bonds is 26. The van der Waals surface area contributed by atoms with E-state index in [-0.39, 0.29) is 74.7 Å². The second-order valence-corrected chi connectivity index (χ2v) is 28.0. The molecule has 4 aliphatic heterocycles. The summed E-state index contributed by atoms with van der Waals surface area (Å²) in [7, 11) is 1.55. The third kappa shape index (κ3) is 13.8. The molecule has 12 aliphatic rings. The number of unbranched alkanes of at least 4 members (excludes halogenated alkanes) is 1. The molecule has 28 atom stereocenters. The summed E-state index contributed by atoms with van der Waals surface area (Å²) in [6.45, 7) is 26.1. The van der Waals surface area contributed by atoms with Gasteiger partial charge in [-0.3, -0.25) is 19.2 Å². The molecule has 0 N–H and O–H groups in total. The molecule has 12 fully saturated rings. The van der Waals surface area contributed by atoms with Gasteiger partial charge in [0.05, 0.1) is 85.7 Å². The smallest absolute Gasteiger partial charge is 0.311 e. The Kier molecular flexibility index (Phi) is 25.1. The normalized spacial score (nSPS) is 43.3. The first kappa shape index (κ1) is 67.9. The average molecular weight is 1210 g/mol. The summed E-state index contributed by atoms with van der Waals surface area (Å²) in [5, 5.41) is 0. The SMILES string of the molecule is CCC1OC(CC)C2C3CC(CC3C(=O)OCOC)C12.CCCCOCOC(=O)C1CC2CC1C1C(CC)OC(CC)C21.CCCOCOC(=O)C1CC2CC1C1C(CC)OC(CC)C21.CCOCOC(=O)C1CC2CC1C1C(CC)OC(CC)C21. The van der Waals surface area contributed by atoms with Crippen molar-refractivity contribution >= 4 is 23.9 Å². The van der Waals surface area contributed by atoms with Crippen LogP contribution in [0.5, 0.6) is 0 Å². The highest BCUT2D eigenvalue weighted by Gasteiger charge is 2.66. The number of carbonyl (C=O) groups is 4. The van der Waals surface area contributed by atoms with Crippen LogP contribution in [-0.4, -0.2) is 127 Å². The van der Waals surface area contributed by atoms with Crippen LogP contribution < -0.4 is 0 Å². The van der Waals surface area contributed by atoms with E-state index in [1.54, 1.807) is 7.11 Å². The first-order chi connectivity index (χ1) is 41.8. The zero-order valence-electron chi connectivity index (χ0n) is 55.1. The summed E-state index contributed by atoms with van der Waals surface area (Å²) in [5.74, 6) is 9.61. The lowest BCUT2D eigenvalue weighted by atomic mass is 9.70. The fourth-order valence-corrected chi connectivity index (χ4v) is 21.2. The van der Waals surface area contributed by atoms with Gasteiger partial charge in [-0.1, -0.05) is 75.7 Å². The molecule has 28 unspecified atom stereocenters. The van der Waals surface area contributed by atoms with Gasteiger partial charge in [-0.25, -0.2) is 0 Å². The van der Waals surface area contributed by atoms with E-state index in [0.29, 0.717) is 163 Å². The molecular weight excluding hydrogens is 1100 g/mol. The van der Waals surface area contributed by atoms with Gasteiger partial charge in [0, 0.05) is 13.7 Å². The Bertz CT molecular complexity index is 2140. The zero-order chi connectivity index (χ0) is 61.3. The predicted octanol–water partition coefficient (Wildman–Crippen LogP) is 12.8. The lowest BCUT2D eigenvalue weighted by Crippen LogP contribution is -2.36. The summed E-state index contributed by atoms with van der Waals surface area (Å²) in [6.07, 6.45) is 23.5. The minimum atomic E-state index is -0.0624. The highest BCUT2D eigenvalue weighted by atomic mass is 16.7. The number of fused-ring (bicyclic) bond motifs is 20. The summed E-state index contributed by atoms with van der Waals surface area (Å²) < 4.78 is 66.9. The van der Waals surface area contributed by atoms with Crippen LogP contribution in [-0.2, 0) is 76.0 Å². The van der Waals surface area contributed by atoms with Gasteiger partial charge in [0.1, 0.15) is 0 Å². The Hall–Kier alpha value is -2.44. The number of hydrogen-bond acceptors (Lipinski definition) is 16. The Labute approximate surface area is 517 Å². The van der Waals surface area contributed by atoms with Crippen LogP contribution in [0.2, 0.25) is 0 Å². The van der Waals surface area contributed by atoms with Crippen molar-refractivity contribution in [2.75, 3.05) is 54.1 Å². The molecule has 16 heteroatoms. The van der Waals surface area contributed by atoms with E-state index in [2.05, 4.69) is 62.3 Å². The fourth-order valence-electron chi connectivity index (χ4n) is 21.2. The highest BCUT2D eigenvalue weighted by Crippen LogP contribution is 2.66. The second-order valence-electron chi connectivity index (χ2n) is 28.0. The Morgan fingerprint density at radius 3 is 0.849 bits per heavy atom. The lowest BCUT2D eigenvalue weighted by molar-refractivity contribution is -0.165. The van der Waals surface area contributed by atoms with E-state index < -0.39 is 0 Å². The zero-order valence-corrected chi connectivity index (χ0v) is 55.1. The molecular formula is C70H116O16. The second kappa shape index (κ2) is 31.7. The van der Waals surface area contributed by atoms with Crippen molar-refractivity contribution in [3.05, 3.63) is 0 Å². The van der Waals surface area contributed by atoms with Crippen molar-refractivity contribution in [2.24, 2.45) is 118 Å². The van der Waals surface area contributed by atoms with Gasteiger partial charge in [-0.05, 0) is 217 Å². The molecule has 12 rings (SSSR count). The van der Waals surface area contributed by atoms with E-state index in [4.69, 9.17) is 56.8 Å². The van der Waals surface area contributed by atoms with Gasteiger partial charge < -0.3 is 56.8 Å². The number of esters is 4. The van der Waals surface area contributed by atoms with Crippen molar-refractivity contribution in [3.63, 3.8) is 0 Å². The average Bonchev–Trinajstić information content (AvgIpc) is 3.75. The first-order valence-electron chi connectivity index (χ1n) is 35.3. The van der Waals surface area contributed by atoms with E-state index >= 15 is 0 Å². The van der Waals surface area contributed by atoms with Crippen LogP contribution in [0.3, 0.4) is 0 Å². The van der Waals surface area contributed by atoms with Gasteiger partial charge in [-0.2, -0.15) is 0 Å². The third-order valence-electron chi connectivity index (χ3n) is 24.2. The van der Waals surface area contributed by atoms with Crippen LogP contribution in [0, 0.1) is 118 Å². The maximum atomic E-state index is 12.5. The van der Waals surface area contributed by atoms with Crippen molar-refractivity contribution in [2.45, 2.75) is 247 Å². The van der Waals surface area contributed by atoms with Crippen molar-refractivity contribution in [1.82, 2.24) is 0 Å². The number of ether oxygens (including phenoxy) is 12. The minimum absolute atomic E-state index is 0.0396. The lowest BCUT2D eigenvalue weighted by Gasteiger charge is -2.32. The maximum Gasteiger partial charge on any atom is 0.311 e. The summed E-state index contributed by atoms with van der Waals surface area (Å²) in [4.78, 5) is 49.3. The molecule has 8 aliphatic carbocycles. The molecule has 0 radical (unpaired) electrons. The van der Waals surface area contributed by atoms with Crippen LogP contribution in [0.1, 0.15) is 198 Å². The molecule has 86 heavy (non-hydrogen) atoms.